The molecule has 0 atom stereocenters. The summed E-state index contributed by atoms with van der Waals surface area (Å²) in [4.78, 5) is 15.6. The van der Waals surface area contributed by atoms with E-state index in [1.807, 2.05) is 0 Å². The number of phenols is 1. The Bertz CT molecular complexity index is 715. The number of hydrogen-bond donors (Lipinski definition) is 2. The van der Waals surface area contributed by atoms with Crippen LogP contribution in [-0.2, 0) is 4.79 Å². The number of aromatic hydroxyl groups is 1. The van der Waals surface area contributed by atoms with Crippen LogP contribution < -0.4 is 5.32 Å². The van der Waals surface area contributed by atoms with Crippen molar-refractivity contribution in [3.8, 4) is 5.75 Å². The molecule has 4 nitrogen and oxygen atoms in total. The third-order valence-corrected chi connectivity index (χ3v) is 3.63. The lowest BCUT2D eigenvalue weighted by Gasteiger charge is -2.04. The summed E-state index contributed by atoms with van der Waals surface area (Å²) < 4.78 is 0.759. The van der Waals surface area contributed by atoms with Gasteiger partial charge in [-0.3, -0.25) is 9.79 Å². The molecule has 2 aromatic rings. The predicted molar refractivity (Wildman–Crippen MR) is 93.4 cm³/mol. The molecule has 0 aromatic heterocycles. The summed E-state index contributed by atoms with van der Waals surface area (Å²) in [6.45, 7) is 1.80. The van der Waals surface area contributed by atoms with Crippen LogP contribution in [0.1, 0.15) is 18.9 Å². The van der Waals surface area contributed by atoms with Crippen LogP contribution in [0.5, 0.6) is 5.75 Å². The second-order valence-electron chi connectivity index (χ2n) is 4.53. The van der Waals surface area contributed by atoms with Crippen molar-refractivity contribution in [3.05, 3.63) is 51.5 Å². The van der Waals surface area contributed by atoms with Crippen molar-refractivity contribution in [3.63, 3.8) is 0 Å². The van der Waals surface area contributed by atoms with Crippen molar-refractivity contribution in [1.29, 1.82) is 0 Å². The Morgan fingerprint density at radius 1 is 1.36 bits per heavy atom. The number of carbonyl (C=O) groups is 1. The van der Waals surface area contributed by atoms with Gasteiger partial charge in [0.2, 0.25) is 5.91 Å². The van der Waals surface area contributed by atoms with Crippen molar-refractivity contribution in [2.75, 3.05) is 5.32 Å². The van der Waals surface area contributed by atoms with E-state index in [1.54, 1.807) is 43.3 Å². The van der Waals surface area contributed by atoms with E-state index in [4.69, 9.17) is 11.6 Å². The number of benzene rings is 2. The standard InChI is InChI=1S/C16H14BrClN2O2/c1-2-15(21)20-13-5-3-12(4-6-13)19-9-10-7-11(17)8-14(18)16(10)22/h3-9,22H,2H2,1H3,(H,20,21). The Morgan fingerprint density at radius 2 is 2.05 bits per heavy atom. The zero-order valence-corrected chi connectivity index (χ0v) is 14.1. The normalized spacial score (nSPS) is 10.9. The van der Waals surface area contributed by atoms with Crippen molar-refractivity contribution in [2.45, 2.75) is 13.3 Å². The van der Waals surface area contributed by atoms with Crippen LogP contribution in [0.3, 0.4) is 0 Å². The van der Waals surface area contributed by atoms with E-state index in [2.05, 4.69) is 26.2 Å². The monoisotopic (exact) mass is 380 g/mol. The Labute approximate surface area is 142 Å². The third-order valence-electron chi connectivity index (χ3n) is 2.88. The number of rotatable bonds is 4. The fraction of sp³-hybridized carbons (Fsp3) is 0.125. The number of amides is 1. The smallest absolute Gasteiger partial charge is 0.224 e. The second kappa shape index (κ2) is 7.42. The lowest BCUT2D eigenvalue weighted by atomic mass is 10.2. The molecule has 114 valence electrons. The molecule has 6 heteroatoms. The molecule has 2 N–H and O–H groups in total. The number of nitrogens with zero attached hydrogens (tertiary/aromatic N) is 1. The van der Waals surface area contributed by atoms with E-state index in [1.165, 1.54) is 6.21 Å². The molecule has 2 aromatic carbocycles. The lowest BCUT2D eigenvalue weighted by Crippen LogP contribution is -2.08. The maximum absolute atomic E-state index is 11.3. The first-order chi connectivity index (χ1) is 10.5. The van der Waals surface area contributed by atoms with Gasteiger partial charge in [0, 0.05) is 28.4 Å². The van der Waals surface area contributed by atoms with Crippen LogP contribution >= 0.6 is 27.5 Å². The molecule has 0 aliphatic rings. The highest BCUT2D eigenvalue weighted by atomic mass is 79.9. The Kier molecular flexibility index (Phi) is 5.57. The summed E-state index contributed by atoms with van der Waals surface area (Å²) in [5, 5.41) is 12.9. The zero-order chi connectivity index (χ0) is 16.1. The van der Waals surface area contributed by atoms with Gasteiger partial charge in [-0.25, -0.2) is 0 Å². The molecular weight excluding hydrogens is 368 g/mol. The first kappa shape index (κ1) is 16.5. The highest BCUT2D eigenvalue weighted by Crippen LogP contribution is 2.30. The number of aliphatic imine (C=N–C) groups is 1. The van der Waals surface area contributed by atoms with Crippen LogP contribution in [-0.4, -0.2) is 17.2 Å². The minimum Gasteiger partial charge on any atom is -0.506 e. The summed E-state index contributed by atoms with van der Waals surface area (Å²) in [5.74, 6) is -0.0506. The third kappa shape index (κ3) is 4.32. The van der Waals surface area contributed by atoms with Crippen molar-refractivity contribution >= 4 is 51.0 Å². The van der Waals surface area contributed by atoms with E-state index >= 15 is 0 Å². The fourth-order valence-corrected chi connectivity index (χ4v) is 2.54. The molecule has 0 fully saturated rings. The van der Waals surface area contributed by atoms with Gasteiger partial charge in [0.15, 0.2) is 0 Å². The van der Waals surface area contributed by atoms with Crippen molar-refractivity contribution < 1.29 is 9.90 Å². The van der Waals surface area contributed by atoms with E-state index in [9.17, 15) is 9.90 Å². The van der Waals surface area contributed by atoms with Crippen LogP contribution in [0.25, 0.3) is 0 Å². The number of carbonyl (C=O) groups excluding carboxylic acids is 1. The maximum Gasteiger partial charge on any atom is 0.224 e. The predicted octanol–water partition coefficient (Wildman–Crippen LogP) is 4.91. The number of phenolic OH excluding ortho intramolecular Hbond substituents is 1. The van der Waals surface area contributed by atoms with Gasteiger partial charge < -0.3 is 10.4 Å². The largest absolute Gasteiger partial charge is 0.506 e. The molecular formula is C16H14BrClN2O2. The van der Waals surface area contributed by atoms with Crippen LogP contribution in [0, 0.1) is 0 Å². The number of nitrogens with one attached hydrogen (secondary N) is 1. The Hall–Kier alpha value is -1.85. The maximum atomic E-state index is 11.3. The number of hydrogen-bond acceptors (Lipinski definition) is 3. The van der Waals surface area contributed by atoms with E-state index in [0.717, 1.165) is 10.2 Å². The van der Waals surface area contributed by atoms with Gasteiger partial charge in [-0.05, 0) is 36.4 Å². The van der Waals surface area contributed by atoms with Crippen molar-refractivity contribution in [1.82, 2.24) is 0 Å². The van der Waals surface area contributed by atoms with Crippen LogP contribution in [0.4, 0.5) is 11.4 Å². The first-order valence-electron chi connectivity index (χ1n) is 6.61. The fourth-order valence-electron chi connectivity index (χ4n) is 1.71. The minimum atomic E-state index is -0.0371. The van der Waals surface area contributed by atoms with Gasteiger partial charge in [-0.15, -0.1) is 0 Å². The van der Waals surface area contributed by atoms with Crippen molar-refractivity contribution in [2.24, 2.45) is 4.99 Å². The molecule has 2 rings (SSSR count). The van der Waals surface area contributed by atoms with Gasteiger partial charge >= 0.3 is 0 Å². The molecule has 0 radical (unpaired) electrons. The molecule has 0 aliphatic heterocycles. The molecule has 22 heavy (non-hydrogen) atoms. The molecule has 0 spiro atoms. The SMILES string of the molecule is CCC(=O)Nc1ccc(N=Cc2cc(Br)cc(Cl)c2O)cc1. The van der Waals surface area contributed by atoms with E-state index in [0.29, 0.717) is 17.7 Å². The second-order valence-corrected chi connectivity index (χ2v) is 5.86. The molecule has 0 saturated carbocycles. The van der Waals surface area contributed by atoms with E-state index in [-0.39, 0.29) is 16.7 Å². The number of anilines is 1. The molecule has 0 bridgehead atoms. The van der Waals surface area contributed by atoms with Crippen LogP contribution in [0.2, 0.25) is 5.02 Å². The molecule has 0 unspecified atom stereocenters. The van der Waals surface area contributed by atoms with Gasteiger partial charge in [-0.2, -0.15) is 0 Å². The minimum absolute atomic E-state index is 0.0135. The number of halogens is 2. The first-order valence-corrected chi connectivity index (χ1v) is 7.78. The van der Waals surface area contributed by atoms with E-state index < -0.39 is 0 Å². The Balaban J connectivity index is 2.15. The highest BCUT2D eigenvalue weighted by molar-refractivity contribution is 9.10. The zero-order valence-electron chi connectivity index (χ0n) is 11.8. The lowest BCUT2D eigenvalue weighted by molar-refractivity contribution is -0.115. The molecule has 0 saturated heterocycles. The quantitative estimate of drug-likeness (QED) is 0.739. The topological polar surface area (TPSA) is 61.7 Å². The van der Waals surface area contributed by atoms with Gasteiger partial charge in [-0.1, -0.05) is 34.5 Å². The highest BCUT2D eigenvalue weighted by Gasteiger charge is 2.05. The molecule has 0 heterocycles. The molecule has 0 aliphatic carbocycles. The summed E-state index contributed by atoms with van der Waals surface area (Å²) in [6.07, 6.45) is 1.97. The van der Waals surface area contributed by atoms with Gasteiger partial charge in [0.25, 0.3) is 0 Å². The summed E-state index contributed by atoms with van der Waals surface area (Å²) in [5.41, 5.74) is 1.94. The summed E-state index contributed by atoms with van der Waals surface area (Å²) in [6, 6.07) is 10.4. The van der Waals surface area contributed by atoms with Gasteiger partial charge in [0.05, 0.1) is 10.7 Å². The summed E-state index contributed by atoms with van der Waals surface area (Å²) >= 11 is 9.22. The average Bonchev–Trinajstić information content (AvgIpc) is 2.50. The summed E-state index contributed by atoms with van der Waals surface area (Å²) in [7, 11) is 0. The molecule has 1 amide bonds. The van der Waals surface area contributed by atoms with Gasteiger partial charge in [0.1, 0.15) is 5.75 Å². The Morgan fingerprint density at radius 3 is 2.68 bits per heavy atom. The average molecular weight is 382 g/mol. The van der Waals surface area contributed by atoms with Crippen LogP contribution in [0.15, 0.2) is 45.9 Å².